The molecule has 0 unspecified atom stereocenters. The molecule has 0 aliphatic heterocycles. The van der Waals surface area contributed by atoms with Gasteiger partial charge in [0.2, 0.25) is 0 Å². The van der Waals surface area contributed by atoms with Gasteiger partial charge in [-0.1, -0.05) is 29.2 Å². The summed E-state index contributed by atoms with van der Waals surface area (Å²) < 4.78 is 13.9. The van der Waals surface area contributed by atoms with Gasteiger partial charge in [0.05, 0.1) is 0 Å². The smallest absolute Gasteiger partial charge is 0.174 e. The normalized spacial score (nSPS) is 10.5. The Labute approximate surface area is 107 Å². The van der Waals surface area contributed by atoms with Gasteiger partial charge in [0.25, 0.3) is 0 Å². The molecule has 0 amide bonds. The van der Waals surface area contributed by atoms with Crippen LogP contribution < -0.4 is 5.32 Å². The average Bonchev–Trinajstić information content (AvgIpc) is 2.71. The number of aromatic nitrogens is 2. The Kier molecular flexibility index (Phi) is 4.33. The van der Waals surface area contributed by atoms with Gasteiger partial charge in [0.1, 0.15) is 10.8 Å². The highest BCUT2D eigenvalue weighted by atomic mass is 32.2. The van der Waals surface area contributed by atoms with Crippen molar-refractivity contribution >= 4 is 28.8 Å². The van der Waals surface area contributed by atoms with Crippen molar-refractivity contribution in [2.45, 2.75) is 11.3 Å². The van der Waals surface area contributed by atoms with Crippen LogP contribution in [-0.4, -0.2) is 22.5 Å². The Hall–Kier alpha value is -1.14. The minimum Gasteiger partial charge on any atom is -0.384 e. The van der Waals surface area contributed by atoms with E-state index in [0.29, 0.717) is 0 Å². The summed E-state index contributed by atoms with van der Waals surface area (Å²) in [6, 6.07) is 6.46. The number of aryl methyl sites for hydroxylation is 1. The predicted octanol–water partition coefficient (Wildman–Crippen LogP) is 3.19. The molecule has 1 N–H and O–H groups in total. The molecule has 1 aromatic carbocycles. The molecule has 1 aromatic heterocycles. The zero-order chi connectivity index (χ0) is 12.1. The van der Waals surface area contributed by atoms with E-state index in [1.807, 2.05) is 13.0 Å². The molecule has 0 atom stereocenters. The van der Waals surface area contributed by atoms with Crippen LogP contribution in [0.5, 0.6) is 0 Å². The second-order valence-electron chi connectivity index (χ2n) is 3.37. The number of benzene rings is 1. The van der Waals surface area contributed by atoms with E-state index >= 15 is 0 Å². The molecule has 6 heteroatoms. The minimum absolute atomic E-state index is 0.220. The zero-order valence-corrected chi connectivity index (χ0v) is 10.9. The summed E-state index contributed by atoms with van der Waals surface area (Å²) in [5, 5.41) is 12.1. The maximum Gasteiger partial charge on any atom is 0.174 e. The van der Waals surface area contributed by atoms with Crippen LogP contribution in [0.4, 0.5) is 10.1 Å². The molecule has 2 rings (SSSR count). The molecule has 90 valence electrons. The fourth-order valence-corrected chi connectivity index (χ4v) is 3.01. The number of hydrogen-bond acceptors (Lipinski definition) is 5. The maximum absolute atomic E-state index is 12.9. The lowest BCUT2D eigenvalue weighted by molar-refractivity contribution is 0.628. The Balaban J connectivity index is 1.73. The predicted molar refractivity (Wildman–Crippen MR) is 70.3 cm³/mol. The second-order valence-corrected chi connectivity index (χ2v) is 5.90. The van der Waals surface area contributed by atoms with Crippen LogP contribution in [0, 0.1) is 12.7 Å². The third-order valence-electron chi connectivity index (χ3n) is 1.99. The van der Waals surface area contributed by atoms with Gasteiger partial charge in [-0.2, -0.15) is 0 Å². The van der Waals surface area contributed by atoms with Gasteiger partial charge in [-0.25, -0.2) is 4.39 Å². The SMILES string of the molecule is Cc1nnc(SCCNc2cccc(F)c2)s1. The second kappa shape index (κ2) is 5.97. The van der Waals surface area contributed by atoms with E-state index in [1.54, 1.807) is 29.2 Å². The zero-order valence-electron chi connectivity index (χ0n) is 9.31. The van der Waals surface area contributed by atoms with Crippen LogP contribution in [0.2, 0.25) is 0 Å². The van der Waals surface area contributed by atoms with Gasteiger partial charge in [-0.3, -0.25) is 0 Å². The standard InChI is InChI=1S/C11H12FN3S2/c1-8-14-15-11(17-8)16-6-5-13-10-4-2-3-9(12)7-10/h2-4,7,13H,5-6H2,1H3. The lowest BCUT2D eigenvalue weighted by atomic mass is 10.3. The summed E-state index contributed by atoms with van der Waals surface area (Å²) in [5.74, 6) is 0.660. The highest BCUT2D eigenvalue weighted by Gasteiger charge is 2.00. The molecule has 0 radical (unpaired) electrons. The molecule has 1 heterocycles. The van der Waals surface area contributed by atoms with E-state index in [2.05, 4.69) is 15.5 Å². The van der Waals surface area contributed by atoms with Crippen LogP contribution in [0.3, 0.4) is 0 Å². The Morgan fingerprint density at radius 3 is 3.00 bits per heavy atom. The highest BCUT2D eigenvalue weighted by molar-refractivity contribution is 8.01. The molecular weight excluding hydrogens is 257 g/mol. The van der Waals surface area contributed by atoms with E-state index in [0.717, 1.165) is 27.3 Å². The van der Waals surface area contributed by atoms with Crippen molar-refractivity contribution in [3.8, 4) is 0 Å². The van der Waals surface area contributed by atoms with Crippen molar-refractivity contribution in [2.24, 2.45) is 0 Å². The van der Waals surface area contributed by atoms with Crippen LogP contribution in [0.15, 0.2) is 28.6 Å². The van der Waals surface area contributed by atoms with Crippen molar-refractivity contribution in [3.63, 3.8) is 0 Å². The summed E-state index contributed by atoms with van der Waals surface area (Å²) >= 11 is 3.24. The van der Waals surface area contributed by atoms with Crippen molar-refractivity contribution < 1.29 is 4.39 Å². The van der Waals surface area contributed by atoms with Gasteiger partial charge >= 0.3 is 0 Å². The average molecular weight is 269 g/mol. The summed E-state index contributed by atoms with van der Waals surface area (Å²) in [6.07, 6.45) is 0. The van der Waals surface area contributed by atoms with Crippen LogP contribution in [-0.2, 0) is 0 Å². The van der Waals surface area contributed by atoms with Crippen LogP contribution in [0.25, 0.3) is 0 Å². The Morgan fingerprint density at radius 1 is 1.41 bits per heavy atom. The summed E-state index contributed by atoms with van der Waals surface area (Å²) in [5.41, 5.74) is 0.805. The van der Waals surface area contributed by atoms with Gasteiger partial charge < -0.3 is 5.32 Å². The van der Waals surface area contributed by atoms with Gasteiger partial charge in [-0.05, 0) is 25.1 Å². The maximum atomic E-state index is 12.9. The first kappa shape index (κ1) is 12.3. The van der Waals surface area contributed by atoms with Crippen LogP contribution >= 0.6 is 23.1 Å². The minimum atomic E-state index is -0.220. The van der Waals surface area contributed by atoms with Gasteiger partial charge in [0, 0.05) is 18.0 Å². The first-order valence-electron chi connectivity index (χ1n) is 5.16. The first-order chi connectivity index (χ1) is 8.24. The molecule has 0 saturated heterocycles. The summed E-state index contributed by atoms with van der Waals surface area (Å²) in [4.78, 5) is 0. The monoisotopic (exact) mass is 269 g/mol. The van der Waals surface area contributed by atoms with Crippen LogP contribution in [0.1, 0.15) is 5.01 Å². The van der Waals surface area contributed by atoms with Gasteiger partial charge in [-0.15, -0.1) is 10.2 Å². The molecule has 3 nitrogen and oxygen atoms in total. The van der Waals surface area contributed by atoms with Crippen molar-refractivity contribution in [1.82, 2.24) is 10.2 Å². The number of rotatable bonds is 5. The van der Waals surface area contributed by atoms with E-state index in [1.165, 1.54) is 12.1 Å². The molecule has 0 spiro atoms. The topological polar surface area (TPSA) is 37.8 Å². The molecule has 0 fully saturated rings. The number of nitrogens with one attached hydrogen (secondary N) is 1. The van der Waals surface area contributed by atoms with Crippen molar-refractivity contribution in [3.05, 3.63) is 35.1 Å². The third kappa shape index (κ3) is 3.98. The Bertz CT molecular complexity index is 487. The number of thioether (sulfide) groups is 1. The Morgan fingerprint density at radius 2 is 2.29 bits per heavy atom. The third-order valence-corrected chi connectivity index (χ3v) is 3.96. The molecule has 17 heavy (non-hydrogen) atoms. The highest BCUT2D eigenvalue weighted by Crippen LogP contribution is 2.21. The number of nitrogens with zero attached hydrogens (tertiary/aromatic N) is 2. The quantitative estimate of drug-likeness (QED) is 0.668. The molecule has 0 aliphatic rings. The summed E-state index contributed by atoms with van der Waals surface area (Å²) in [6.45, 7) is 2.71. The number of hydrogen-bond donors (Lipinski definition) is 1. The van der Waals surface area contributed by atoms with E-state index < -0.39 is 0 Å². The van der Waals surface area contributed by atoms with E-state index in [-0.39, 0.29) is 5.82 Å². The number of halogens is 1. The first-order valence-corrected chi connectivity index (χ1v) is 6.96. The summed E-state index contributed by atoms with van der Waals surface area (Å²) in [7, 11) is 0. The van der Waals surface area contributed by atoms with Gasteiger partial charge in [0.15, 0.2) is 4.34 Å². The lowest BCUT2D eigenvalue weighted by Gasteiger charge is -2.04. The largest absolute Gasteiger partial charge is 0.384 e. The lowest BCUT2D eigenvalue weighted by Crippen LogP contribution is -2.03. The number of anilines is 1. The molecule has 0 aliphatic carbocycles. The fourth-order valence-electron chi connectivity index (χ4n) is 1.27. The van der Waals surface area contributed by atoms with E-state index in [9.17, 15) is 4.39 Å². The molecule has 2 aromatic rings. The van der Waals surface area contributed by atoms with Crippen molar-refractivity contribution in [2.75, 3.05) is 17.6 Å². The molecule has 0 saturated carbocycles. The molecular formula is C11H12FN3S2. The molecule has 0 bridgehead atoms. The fraction of sp³-hybridized carbons (Fsp3) is 0.273. The van der Waals surface area contributed by atoms with Crippen molar-refractivity contribution in [1.29, 1.82) is 0 Å². The van der Waals surface area contributed by atoms with E-state index in [4.69, 9.17) is 0 Å².